The second-order valence-electron chi connectivity index (χ2n) is 4.88. The molecule has 0 aromatic carbocycles. The highest BCUT2D eigenvalue weighted by Crippen LogP contribution is 2.23. The lowest BCUT2D eigenvalue weighted by Crippen LogP contribution is -2.54. The Hall–Kier alpha value is -0.810. The van der Waals surface area contributed by atoms with Crippen molar-refractivity contribution in [2.45, 2.75) is 31.3 Å². The summed E-state index contributed by atoms with van der Waals surface area (Å²) in [7, 11) is 1.65. The highest BCUT2D eigenvalue weighted by Gasteiger charge is 2.32. The Morgan fingerprint density at radius 3 is 2.69 bits per heavy atom. The van der Waals surface area contributed by atoms with Gasteiger partial charge in [-0.2, -0.15) is 0 Å². The number of carbonyl (C=O) groups is 1. The number of piperidine rings is 1. The standard InChI is InChI=1S/C11H21N3O2/c1-12-11(16)14-5-8(7-15)4-10(6-14)13-9-2-3-9/h8-10,13,15H,2-7H2,1H3,(H,12,16)/t8-,10+/m0/s1. The van der Waals surface area contributed by atoms with Gasteiger partial charge in [0, 0.05) is 44.7 Å². The quantitative estimate of drug-likeness (QED) is 0.623. The molecule has 0 radical (unpaired) electrons. The van der Waals surface area contributed by atoms with Crippen LogP contribution in [0.25, 0.3) is 0 Å². The zero-order valence-corrected chi connectivity index (χ0v) is 9.78. The molecule has 0 unspecified atom stereocenters. The number of aliphatic hydroxyl groups excluding tert-OH is 1. The highest BCUT2D eigenvalue weighted by molar-refractivity contribution is 5.74. The average molecular weight is 227 g/mol. The maximum absolute atomic E-state index is 11.6. The van der Waals surface area contributed by atoms with Gasteiger partial charge in [-0.15, -0.1) is 0 Å². The van der Waals surface area contributed by atoms with Gasteiger partial charge in [-0.3, -0.25) is 0 Å². The molecule has 16 heavy (non-hydrogen) atoms. The van der Waals surface area contributed by atoms with E-state index in [0.29, 0.717) is 18.6 Å². The van der Waals surface area contributed by atoms with Crippen molar-refractivity contribution in [3.05, 3.63) is 0 Å². The first-order chi connectivity index (χ1) is 7.72. The van der Waals surface area contributed by atoms with Crippen LogP contribution in [-0.2, 0) is 0 Å². The lowest BCUT2D eigenvalue weighted by Gasteiger charge is -2.37. The summed E-state index contributed by atoms with van der Waals surface area (Å²) in [5.74, 6) is 0.210. The minimum atomic E-state index is -0.0410. The van der Waals surface area contributed by atoms with Crippen LogP contribution in [-0.4, -0.2) is 54.9 Å². The van der Waals surface area contributed by atoms with Crippen molar-refractivity contribution in [1.29, 1.82) is 0 Å². The van der Waals surface area contributed by atoms with Crippen LogP contribution in [0.3, 0.4) is 0 Å². The van der Waals surface area contributed by atoms with E-state index >= 15 is 0 Å². The maximum Gasteiger partial charge on any atom is 0.317 e. The molecule has 92 valence electrons. The van der Waals surface area contributed by atoms with Crippen molar-refractivity contribution in [1.82, 2.24) is 15.5 Å². The summed E-state index contributed by atoms with van der Waals surface area (Å²) in [5.41, 5.74) is 0. The maximum atomic E-state index is 11.6. The van der Waals surface area contributed by atoms with E-state index in [4.69, 9.17) is 0 Å². The number of hydrogen-bond donors (Lipinski definition) is 3. The third-order valence-electron chi connectivity index (χ3n) is 3.35. The summed E-state index contributed by atoms with van der Waals surface area (Å²) in [5, 5.41) is 15.4. The molecule has 5 heteroatoms. The molecular formula is C11H21N3O2. The molecule has 1 aliphatic heterocycles. The predicted molar refractivity (Wildman–Crippen MR) is 61.2 cm³/mol. The Morgan fingerprint density at radius 2 is 2.12 bits per heavy atom. The molecule has 2 aliphatic rings. The zero-order valence-electron chi connectivity index (χ0n) is 9.78. The van der Waals surface area contributed by atoms with E-state index < -0.39 is 0 Å². The fourth-order valence-corrected chi connectivity index (χ4v) is 2.36. The van der Waals surface area contributed by atoms with Gasteiger partial charge >= 0.3 is 6.03 Å². The molecule has 0 aromatic rings. The van der Waals surface area contributed by atoms with Crippen molar-refractivity contribution >= 4 is 6.03 Å². The minimum absolute atomic E-state index is 0.0410. The highest BCUT2D eigenvalue weighted by atomic mass is 16.3. The second kappa shape index (κ2) is 5.01. The van der Waals surface area contributed by atoms with Crippen LogP contribution >= 0.6 is 0 Å². The molecule has 0 spiro atoms. The number of urea groups is 1. The van der Waals surface area contributed by atoms with E-state index in [-0.39, 0.29) is 18.6 Å². The van der Waals surface area contributed by atoms with Crippen LogP contribution in [0.15, 0.2) is 0 Å². The van der Waals surface area contributed by atoms with Gasteiger partial charge in [0.05, 0.1) is 0 Å². The number of hydrogen-bond acceptors (Lipinski definition) is 3. The van der Waals surface area contributed by atoms with Crippen molar-refractivity contribution in [3.8, 4) is 0 Å². The number of nitrogens with one attached hydrogen (secondary N) is 2. The Morgan fingerprint density at radius 1 is 1.38 bits per heavy atom. The number of likely N-dealkylation sites (tertiary alicyclic amines) is 1. The molecular weight excluding hydrogens is 206 g/mol. The van der Waals surface area contributed by atoms with Gasteiger partial charge in [-0.25, -0.2) is 4.79 Å². The minimum Gasteiger partial charge on any atom is -0.396 e. The lowest BCUT2D eigenvalue weighted by atomic mass is 9.95. The molecule has 3 N–H and O–H groups in total. The molecule has 1 saturated carbocycles. The van der Waals surface area contributed by atoms with Crippen molar-refractivity contribution < 1.29 is 9.90 Å². The summed E-state index contributed by atoms with van der Waals surface area (Å²) < 4.78 is 0. The molecule has 1 aliphatic carbocycles. The van der Waals surface area contributed by atoms with Crippen LogP contribution in [0, 0.1) is 5.92 Å². The molecule has 0 aromatic heterocycles. The van der Waals surface area contributed by atoms with Gasteiger partial charge in [0.1, 0.15) is 0 Å². The first-order valence-electron chi connectivity index (χ1n) is 6.06. The summed E-state index contributed by atoms with van der Waals surface area (Å²) in [6.07, 6.45) is 3.47. The second-order valence-corrected chi connectivity index (χ2v) is 4.88. The Bertz CT molecular complexity index is 256. The van der Waals surface area contributed by atoms with E-state index in [2.05, 4.69) is 10.6 Å². The largest absolute Gasteiger partial charge is 0.396 e. The fraction of sp³-hybridized carbons (Fsp3) is 0.909. The molecule has 1 heterocycles. The SMILES string of the molecule is CNC(=O)N1C[C@@H](CO)C[C@@H](NC2CC2)C1. The monoisotopic (exact) mass is 227 g/mol. The number of aliphatic hydroxyl groups is 1. The van der Waals surface area contributed by atoms with Crippen LogP contribution in [0.4, 0.5) is 4.79 Å². The molecule has 1 saturated heterocycles. The summed E-state index contributed by atoms with van der Waals surface area (Å²) in [4.78, 5) is 13.4. The van der Waals surface area contributed by atoms with Gasteiger partial charge in [-0.1, -0.05) is 0 Å². The van der Waals surface area contributed by atoms with Crippen LogP contribution in [0.2, 0.25) is 0 Å². The van der Waals surface area contributed by atoms with Crippen LogP contribution in [0.5, 0.6) is 0 Å². The molecule has 2 atom stereocenters. The summed E-state index contributed by atoms with van der Waals surface area (Å²) in [6, 6.07) is 0.949. The summed E-state index contributed by atoms with van der Waals surface area (Å²) >= 11 is 0. The van der Waals surface area contributed by atoms with Crippen LogP contribution in [0.1, 0.15) is 19.3 Å². The molecule has 2 rings (SSSR count). The molecule has 5 nitrogen and oxygen atoms in total. The van der Waals surface area contributed by atoms with E-state index in [9.17, 15) is 9.90 Å². The number of carbonyl (C=O) groups excluding carboxylic acids is 1. The van der Waals surface area contributed by atoms with E-state index in [0.717, 1.165) is 13.0 Å². The number of amides is 2. The first-order valence-corrected chi connectivity index (χ1v) is 6.06. The van der Waals surface area contributed by atoms with Gasteiger partial charge in [-0.05, 0) is 19.3 Å². The Balaban J connectivity index is 1.90. The van der Waals surface area contributed by atoms with Gasteiger partial charge in [0.2, 0.25) is 0 Å². The van der Waals surface area contributed by atoms with Gasteiger partial charge in [0.25, 0.3) is 0 Å². The number of rotatable bonds is 3. The third-order valence-corrected chi connectivity index (χ3v) is 3.35. The van der Waals surface area contributed by atoms with Crippen molar-refractivity contribution in [2.24, 2.45) is 5.92 Å². The summed E-state index contributed by atoms with van der Waals surface area (Å²) in [6.45, 7) is 1.59. The Kier molecular flexibility index (Phi) is 3.66. The fourth-order valence-electron chi connectivity index (χ4n) is 2.36. The normalized spacial score (nSPS) is 30.2. The predicted octanol–water partition coefficient (Wildman–Crippen LogP) is -0.239. The Labute approximate surface area is 96.2 Å². The van der Waals surface area contributed by atoms with E-state index in [1.54, 1.807) is 11.9 Å². The number of nitrogens with zero attached hydrogens (tertiary/aromatic N) is 1. The van der Waals surface area contributed by atoms with Gasteiger partial charge < -0.3 is 20.6 Å². The van der Waals surface area contributed by atoms with E-state index in [1.165, 1.54) is 12.8 Å². The van der Waals surface area contributed by atoms with Crippen molar-refractivity contribution in [3.63, 3.8) is 0 Å². The topological polar surface area (TPSA) is 64.6 Å². The third kappa shape index (κ3) is 2.86. The first kappa shape index (κ1) is 11.7. The smallest absolute Gasteiger partial charge is 0.317 e. The van der Waals surface area contributed by atoms with Crippen molar-refractivity contribution in [2.75, 3.05) is 26.7 Å². The molecule has 2 fully saturated rings. The van der Waals surface area contributed by atoms with Gasteiger partial charge in [0.15, 0.2) is 0 Å². The molecule has 0 bridgehead atoms. The van der Waals surface area contributed by atoms with Crippen LogP contribution < -0.4 is 10.6 Å². The van der Waals surface area contributed by atoms with E-state index in [1.807, 2.05) is 0 Å². The molecule has 2 amide bonds. The lowest BCUT2D eigenvalue weighted by molar-refractivity contribution is 0.111. The zero-order chi connectivity index (χ0) is 11.5. The average Bonchev–Trinajstić information content (AvgIpc) is 3.11.